The first-order valence-electron chi connectivity index (χ1n) is 10.5. The van der Waals surface area contributed by atoms with Crippen LogP contribution in [0.5, 0.6) is 11.5 Å². The fourth-order valence-electron chi connectivity index (χ4n) is 4.32. The van der Waals surface area contributed by atoms with E-state index in [2.05, 4.69) is 53.7 Å². The van der Waals surface area contributed by atoms with Gasteiger partial charge in [-0.25, -0.2) is 0 Å². The van der Waals surface area contributed by atoms with E-state index in [1.54, 1.807) is 0 Å². The Hall–Kier alpha value is -2.81. The van der Waals surface area contributed by atoms with Crippen LogP contribution in [0.15, 0.2) is 48.6 Å². The highest BCUT2D eigenvalue weighted by Crippen LogP contribution is 2.37. The standard InChI is InChI=1S/C27H30O3/c1-17-13-26(3,4)15-29-23-9-7-19(11-21(17)23)25(28)20-8-10-24-22(12-20)18(2)14-27(5,6)16-30-24/h7-14H,15-16H2,1-6H3. The third kappa shape index (κ3) is 3.94. The van der Waals surface area contributed by atoms with Gasteiger partial charge >= 0.3 is 0 Å². The second-order valence-electron chi connectivity index (χ2n) is 9.96. The number of hydrogen-bond acceptors (Lipinski definition) is 3. The zero-order valence-electron chi connectivity index (χ0n) is 18.8. The second-order valence-corrected chi connectivity index (χ2v) is 9.96. The average molecular weight is 403 g/mol. The van der Waals surface area contributed by atoms with Crippen molar-refractivity contribution >= 4 is 16.9 Å². The van der Waals surface area contributed by atoms with E-state index in [0.29, 0.717) is 24.3 Å². The van der Waals surface area contributed by atoms with Crippen molar-refractivity contribution in [2.45, 2.75) is 41.5 Å². The van der Waals surface area contributed by atoms with Gasteiger partial charge < -0.3 is 9.47 Å². The maximum atomic E-state index is 13.3. The van der Waals surface area contributed by atoms with E-state index in [-0.39, 0.29) is 16.6 Å². The van der Waals surface area contributed by atoms with Crippen molar-refractivity contribution in [3.8, 4) is 11.5 Å². The number of benzene rings is 2. The van der Waals surface area contributed by atoms with Gasteiger partial charge in [0, 0.05) is 33.1 Å². The molecule has 0 aliphatic carbocycles. The highest BCUT2D eigenvalue weighted by atomic mass is 16.5. The minimum atomic E-state index is -0.0398. The van der Waals surface area contributed by atoms with E-state index in [0.717, 1.165) is 33.8 Å². The Labute approximate surface area is 179 Å². The third-order valence-corrected chi connectivity index (χ3v) is 5.75. The quantitative estimate of drug-likeness (QED) is 0.534. The number of allylic oxidation sites excluding steroid dienone is 2. The van der Waals surface area contributed by atoms with Gasteiger partial charge in [-0.3, -0.25) is 4.79 Å². The van der Waals surface area contributed by atoms with Gasteiger partial charge in [-0.1, -0.05) is 39.8 Å². The molecule has 0 unspecified atom stereocenters. The van der Waals surface area contributed by atoms with Crippen LogP contribution in [0.4, 0.5) is 0 Å². The summed E-state index contributed by atoms with van der Waals surface area (Å²) in [5.74, 6) is 1.68. The molecule has 3 heteroatoms. The maximum Gasteiger partial charge on any atom is 0.193 e. The van der Waals surface area contributed by atoms with E-state index in [9.17, 15) is 4.79 Å². The molecule has 2 aromatic rings. The number of carbonyl (C=O) groups is 1. The van der Waals surface area contributed by atoms with Gasteiger partial charge in [-0.2, -0.15) is 0 Å². The first-order valence-corrected chi connectivity index (χ1v) is 10.5. The van der Waals surface area contributed by atoms with Crippen LogP contribution in [-0.2, 0) is 0 Å². The first kappa shape index (κ1) is 20.5. The number of rotatable bonds is 2. The fraction of sp³-hybridized carbons (Fsp3) is 0.370. The van der Waals surface area contributed by atoms with Gasteiger partial charge in [-0.15, -0.1) is 0 Å². The van der Waals surface area contributed by atoms with E-state index < -0.39 is 0 Å². The Kier molecular flexibility index (Phi) is 4.88. The van der Waals surface area contributed by atoms with Gasteiger partial charge in [-0.05, 0) is 61.4 Å². The number of ether oxygens (including phenoxy) is 2. The van der Waals surface area contributed by atoms with Gasteiger partial charge in [0.05, 0.1) is 13.2 Å². The molecule has 4 rings (SSSR count). The molecule has 2 aliphatic heterocycles. The summed E-state index contributed by atoms with van der Waals surface area (Å²) < 4.78 is 12.0. The van der Waals surface area contributed by atoms with Crippen LogP contribution < -0.4 is 9.47 Å². The molecule has 30 heavy (non-hydrogen) atoms. The molecule has 156 valence electrons. The predicted octanol–water partition coefficient (Wildman–Crippen LogP) is 6.56. The predicted molar refractivity (Wildman–Crippen MR) is 122 cm³/mol. The molecule has 2 aromatic carbocycles. The molecule has 0 radical (unpaired) electrons. The summed E-state index contributed by atoms with van der Waals surface area (Å²) in [5.41, 5.74) is 5.51. The highest BCUT2D eigenvalue weighted by Gasteiger charge is 2.25. The second kappa shape index (κ2) is 7.16. The largest absolute Gasteiger partial charge is 0.492 e. The van der Waals surface area contributed by atoms with Crippen molar-refractivity contribution in [2.24, 2.45) is 10.8 Å². The average Bonchev–Trinajstić information content (AvgIpc) is 2.87. The molecule has 0 N–H and O–H groups in total. The van der Waals surface area contributed by atoms with Gasteiger partial charge in [0.2, 0.25) is 0 Å². The Morgan fingerprint density at radius 3 is 1.53 bits per heavy atom. The molecule has 2 aliphatic rings. The maximum absolute atomic E-state index is 13.3. The van der Waals surface area contributed by atoms with E-state index in [4.69, 9.17) is 9.47 Å². The van der Waals surface area contributed by atoms with Gasteiger partial charge in [0.15, 0.2) is 5.78 Å². The smallest absolute Gasteiger partial charge is 0.193 e. The SMILES string of the molecule is CC1=CC(C)(C)COc2ccc(C(=O)c3ccc4c(c3)C(C)=CC(C)(C)CO4)cc21. The van der Waals surface area contributed by atoms with Crippen LogP contribution in [0.2, 0.25) is 0 Å². The van der Waals surface area contributed by atoms with Crippen molar-refractivity contribution in [1.29, 1.82) is 0 Å². The monoisotopic (exact) mass is 402 g/mol. The Bertz CT molecular complexity index is 998. The number of fused-ring (bicyclic) bond motifs is 2. The molecule has 0 atom stereocenters. The molecule has 0 fully saturated rings. The van der Waals surface area contributed by atoms with E-state index in [1.807, 2.05) is 36.4 Å². The molecule has 0 aromatic heterocycles. The summed E-state index contributed by atoms with van der Waals surface area (Å²) >= 11 is 0. The highest BCUT2D eigenvalue weighted by molar-refractivity contribution is 6.10. The normalized spacial score (nSPS) is 19.0. The van der Waals surface area contributed by atoms with Crippen LogP contribution in [0.3, 0.4) is 0 Å². The molecule has 0 saturated carbocycles. The summed E-state index contributed by atoms with van der Waals surface area (Å²) in [5, 5.41) is 0. The lowest BCUT2D eigenvalue weighted by Crippen LogP contribution is -2.17. The van der Waals surface area contributed by atoms with Crippen LogP contribution in [0.1, 0.15) is 68.6 Å². The molecule has 0 bridgehead atoms. The number of ketones is 1. The van der Waals surface area contributed by atoms with E-state index in [1.165, 1.54) is 0 Å². The van der Waals surface area contributed by atoms with E-state index >= 15 is 0 Å². The lowest BCUT2D eigenvalue weighted by atomic mass is 9.89. The van der Waals surface area contributed by atoms with Crippen LogP contribution in [-0.4, -0.2) is 19.0 Å². The molecular weight excluding hydrogens is 372 g/mol. The van der Waals surface area contributed by atoms with Gasteiger partial charge in [0.25, 0.3) is 0 Å². The molecule has 0 saturated heterocycles. The van der Waals surface area contributed by atoms with Gasteiger partial charge in [0.1, 0.15) is 11.5 Å². The van der Waals surface area contributed by atoms with Crippen molar-refractivity contribution in [2.75, 3.05) is 13.2 Å². The van der Waals surface area contributed by atoms with Crippen molar-refractivity contribution < 1.29 is 14.3 Å². The molecule has 3 nitrogen and oxygen atoms in total. The van der Waals surface area contributed by atoms with Crippen LogP contribution in [0.25, 0.3) is 11.1 Å². The number of hydrogen-bond donors (Lipinski definition) is 0. The molecule has 0 amide bonds. The third-order valence-electron chi connectivity index (χ3n) is 5.75. The summed E-state index contributed by atoms with van der Waals surface area (Å²) in [6.45, 7) is 14.0. The Morgan fingerprint density at radius 1 is 0.733 bits per heavy atom. The summed E-state index contributed by atoms with van der Waals surface area (Å²) in [6.07, 6.45) is 4.45. The lowest BCUT2D eigenvalue weighted by molar-refractivity contribution is 0.103. The van der Waals surface area contributed by atoms with Crippen LogP contribution >= 0.6 is 0 Å². The van der Waals surface area contributed by atoms with Crippen LogP contribution in [0, 0.1) is 10.8 Å². The zero-order chi connectivity index (χ0) is 21.7. The lowest BCUT2D eigenvalue weighted by Gasteiger charge is -2.18. The van der Waals surface area contributed by atoms with Crippen molar-refractivity contribution in [3.05, 3.63) is 70.8 Å². The van der Waals surface area contributed by atoms with Crippen molar-refractivity contribution in [1.82, 2.24) is 0 Å². The molecular formula is C27H30O3. The Morgan fingerprint density at radius 2 is 1.13 bits per heavy atom. The summed E-state index contributed by atoms with van der Waals surface area (Å²) in [6, 6.07) is 11.5. The Balaban J connectivity index is 1.72. The summed E-state index contributed by atoms with van der Waals surface area (Å²) in [7, 11) is 0. The number of carbonyl (C=O) groups excluding carboxylic acids is 1. The first-order chi connectivity index (χ1) is 14.0. The van der Waals surface area contributed by atoms with Crippen molar-refractivity contribution in [3.63, 3.8) is 0 Å². The minimum absolute atomic E-state index is 0.00761. The zero-order valence-corrected chi connectivity index (χ0v) is 18.8. The minimum Gasteiger partial charge on any atom is -0.492 e. The fourth-order valence-corrected chi connectivity index (χ4v) is 4.32. The summed E-state index contributed by atoms with van der Waals surface area (Å²) in [4.78, 5) is 13.3. The molecule has 2 heterocycles. The topological polar surface area (TPSA) is 35.5 Å². The molecule has 0 spiro atoms.